The highest BCUT2D eigenvalue weighted by Crippen LogP contribution is 2.38. The Morgan fingerprint density at radius 1 is 1.03 bits per heavy atom. The Balaban J connectivity index is 1.14. The van der Waals surface area contributed by atoms with Crippen molar-refractivity contribution in [2.24, 2.45) is 0 Å². The number of ether oxygens (including phenoxy) is 2. The van der Waals surface area contributed by atoms with E-state index < -0.39 is 17.7 Å². The number of likely N-dealkylation sites (tertiary alicyclic amines) is 1. The van der Waals surface area contributed by atoms with Gasteiger partial charge >= 0.3 is 12.1 Å². The number of carbonyl (C=O) groups excluding carboxylic acids is 4. The van der Waals surface area contributed by atoms with Crippen molar-refractivity contribution in [2.75, 3.05) is 25.4 Å². The van der Waals surface area contributed by atoms with E-state index in [-0.39, 0.29) is 37.8 Å². The number of nitrogens with zero attached hydrogens (tertiary/aromatic N) is 2. The molecule has 37 heavy (non-hydrogen) atoms. The van der Waals surface area contributed by atoms with E-state index in [1.807, 2.05) is 54.6 Å². The zero-order valence-corrected chi connectivity index (χ0v) is 21.0. The first-order valence-electron chi connectivity index (χ1n) is 12.1. The van der Waals surface area contributed by atoms with Crippen LogP contribution in [0.15, 0.2) is 54.6 Å². The van der Waals surface area contributed by atoms with Crippen molar-refractivity contribution in [1.82, 2.24) is 9.80 Å². The fourth-order valence-corrected chi connectivity index (χ4v) is 5.78. The zero-order chi connectivity index (χ0) is 26.0. The Bertz CT molecular complexity index is 1330. The molecule has 0 saturated carbocycles. The zero-order valence-electron chi connectivity index (χ0n) is 20.2. The van der Waals surface area contributed by atoms with Gasteiger partial charge < -0.3 is 20.1 Å². The lowest BCUT2D eigenvalue weighted by molar-refractivity contribution is -0.150. The number of hydrogen-bond donors (Lipinski definition) is 1. The topological polar surface area (TPSA) is 119 Å². The largest absolute Gasteiger partial charge is 0.461 e. The Labute approximate surface area is 217 Å². The first-order valence-corrected chi connectivity index (χ1v) is 13.0. The molecule has 0 radical (unpaired) electrons. The third-order valence-corrected chi connectivity index (χ3v) is 7.88. The number of nitrogen functional groups attached to an aromatic ring is 1. The van der Waals surface area contributed by atoms with Crippen LogP contribution < -0.4 is 5.73 Å². The Hall–Kier alpha value is -3.92. The first-order chi connectivity index (χ1) is 17.8. The predicted molar refractivity (Wildman–Crippen MR) is 138 cm³/mol. The van der Waals surface area contributed by atoms with Gasteiger partial charge in [0.25, 0.3) is 5.91 Å². The molecular formula is C27H27N3O6S. The normalized spacial score (nSPS) is 17.2. The second kappa shape index (κ2) is 10.2. The van der Waals surface area contributed by atoms with Crippen LogP contribution in [0.2, 0.25) is 0 Å². The van der Waals surface area contributed by atoms with Gasteiger partial charge in [-0.25, -0.2) is 9.69 Å². The van der Waals surface area contributed by atoms with Crippen LogP contribution in [0.1, 0.15) is 41.6 Å². The van der Waals surface area contributed by atoms with Crippen LogP contribution in [0.25, 0.3) is 10.1 Å². The summed E-state index contributed by atoms with van der Waals surface area (Å²) in [6, 6.07) is 16.8. The van der Waals surface area contributed by atoms with Gasteiger partial charge in [0.2, 0.25) is 5.91 Å². The minimum atomic E-state index is -0.947. The van der Waals surface area contributed by atoms with Gasteiger partial charge in [0.15, 0.2) is 0 Å². The fourth-order valence-electron chi connectivity index (χ4n) is 4.82. The summed E-state index contributed by atoms with van der Waals surface area (Å²) in [7, 11) is 0. The quantitative estimate of drug-likeness (QED) is 0.488. The number of imide groups is 1. The number of thiophene rings is 1. The van der Waals surface area contributed by atoms with E-state index in [4.69, 9.17) is 15.2 Å². The second-order valence-corrected chi connectivity index (χ2v) is 10.4. The molecule has 2 fully saturated rings. The summed E-state index contributed by atoms with van der Waals surface area (Å²) in [4.78, 5) is 53.6. The van der Waals surface area contributed by atoms with Gasteiger partial charge in [-0.1, -0.05) is 48.5 Å². The monoisotopic (exact) mass is 521 g/mol. The number of anilines is 1. The van der Waals surface area contributed by atoms with Crippen molar-refractivity contribution in [1.29, 1.82) is 0 Å². The molecule has 2 aliphatic heterocycles. The van der Waals surface area contributed by atoms with E-state index in [2.05, 4.69) is 0 Å². The summed E-state index contributed by atoms with van der Waals surface area (Å²) in [5.74, 6) is -1.05. The van der Waals surface area contributed by atoms with Gasteiger partial charge in [0.1, 0.15) is 12.2 Å². The number of piperidine rings is 1. The molecule has 1 spiro atoms. The Morgan fingerprint density at radius 3 is 2.46 bits per heavy atom. The third-order valence-electron chi connectivity index (χ3n) is 6.88. The van der Waals surface area contributed by atoms with E-state index in [0.717, 1.165) is 20.5 Å². The maximum Gasteiger partial charge on any atom is 0.417 e. The van der Waals surface area contributed by atoms with Crippen LogP contribution in [0, 0.1) is 0 Å². The minimum Gasteiger partial charge on any atom is -0.461 e. The van der Waals surface area contributed by atoms with E-state index in [9.17, 15) is 19.2 Å². The highest BCUT2D eigenvalue weighted by molar-refractivity contribution is 7.23. The smallest absolute Gasteiger partial charge is 0.417 e. The summed E-state index contributed by atoms with van der Waals surface area (Å²) in [6.45, 7) is 0.712. The number of benzene rings is 2. The molecule has 3 aromatic rings. The van der Waals surface area contributed by atoms with Crippen molar-refractivity contribution >= 4 is 50.3 Å². The lowest BCUT2D eigenvalue weighted by Gasteiger charge is -2.44. The molecule has 5 rings (SSSR count). The molecule has 9 nitrogen and oxygen atoms in total. The fraction of sp³-hybridized carbons (Fsp3) is 0.333. The molecule has 2 N–H and O–H groups in total. The van der Waals surface area contributed by atoms with Crippen LogP contribution in [0.3, 0.4) is 0 Å². The standard InChI is InChI=1S/C27H27N3O6S/c28-24-23(19-8-4-5-9-20(19)37-24)25(33)29-14-11-27(12-15-29)16-21(31)30(26(34)36-27)13-10-22(32)35-17-18-6-2-1-3-7-18/h1-9H,10-17,28H2. The van der Waals surface area contributed by atoms with Crippen molar-refractivity contribution in [3.8, 4) is 0 Å². The number of hydrogen-bond acceptors (Lipinski definition) is 8. The summed E-state index contributed by atoms with van der Waals surface area (Å²) in [5.41, 5.74) is 6.57. The van der Waals surface area contributed by atoms with E-state index in [1.54, 1.807) is 4.90 Å². The number of amides is 3. The lowest BCUT2D eigenvalue weighted by atomic mass is 9.86. The van der Waals surface area contributed by atoms with E-state index in [0.29, 0.717) is 36.5 Å². The number of nitrogens with two attached hydrogens (primary N) is 1. The molecule has 0 unspecified atom stereocenters. The van der Waals surface area contributed by atoms with Gasteiger partial charge in [0.05, 0.1) is 23.4 Å². The third kappa shape index (κ3) is 5.15. The van der Waals surface area contributed by atoms with Crippen LogP contribution in [-0.2, 0) is 25.7 Å². The minimum absolute atomic E-state index is 0.0172. The molecule has 0 aliphatic carbocycles. The molecule has 3 heterocycles. The molecule has 10 heteroatoms. The van der Waals surface area contributed by atoms with Crippen molar-refractivity contribution in [3.63, 3.8) is 0 Å². The molecular weight excluding hydrogens is 494 g/mol. The average molecular weight is 522 g/mol. The van der Waals surface area contributed by atoms with Crippen molar-refractivity contribution < 1.29 is 28.7 Å². The summed E-state index contributed by atoms with van der Waals surface area (Å²) in [5, 5.41) is 1.30. The first kappa shape index (κ1) is 24.8. The summed E-state index contributed by atoms with van der Waals surface area (Å²) >= 11 is 1.38. The van der Waals surface area contributed by atoms with Crippen LogP contribution >= 0.6 is 11.3 Å². The number of fused-ring (bicyclic) bond motifs is 1. The second-order valence-electron chi connectivity index (χ2n) is 9.30. The molecule has 3 amide bonds. The molecule has 1 aromatic heterocycles. The van der Waals surface area contributed by atoms with Gasteiger partial charge in [0, 0.05) is 42.6 Å². The molecule has 0 bridgehead atoms. The summed E-state index contributed by atoms with van der Waals surface area (Å²) < 4.78 is 11.9. The SMILES string of the molecule is Nc1sc2ccccc2c1C(=O)N1CCC2(CC1)CC(=O)N(CCC(=O)OCc1ccccc1)C(=O)O2. The van der Waals surface area contributed by atoms with Crippen molar-refractivity contribution in [2.45, 2.75) is 37.9 Å². The lowest BCUT2D eigenvalue weighted by Crippen LogP contribution is -2.57. The predicted octanol–water partition coefficient (Wildman–Crippen LogP) is 3.96. The van der Waals surface area contributed by atoms with Gasteiger partial charge in [-0.3, -0.25) is 14.4 Å². The van der Waals surface area contributed by atoms with Crippen LogP contribution in [0.4, 0.5) is 9.80 Å². The molecule has 2 saturated heterocycles. The van der Waals surface area contributed by atoms with Gasteiger partial charge in [-0.15, -0.1) is 11.3 Å². The van der Waals surface area contributed by atoms with Gasteiger partial charge in [-0.2, -0.15) is 0 Å². The van der Waals surface area contributed by atoms with E-state index >= 15 is 0 Å². The van der Waals surface area contributed by atoms with Crippen LogP contribution in [0.5, 0.6) is 0 Å². The molecule has 2 aromatic carbocycles. The van der Waals surface area contributed by atoms with Gasteiger partial charge in [-0.05, 0) is 11.6 Å². The highest BCUT2D eigenvalue weighted by atomic mass is 32.1. The Morgan fingerprint density at radius 2 is 1.73 bits per heavy atom. The van der Waals surface area contributed by atoms with Crippen LogP contribution in [-0.4, -0.2) is 58.9 Å². The Kier molecular flexibility index (Phi) is 6.84. The van der Waals surface area contributed by atoms with E-state index in [1.165, 1.54) is 11.3 Å². The highest BCUT2D eigenvalue weighted by Gasteiger charge is 2.47. The number of esters is 1. The molecule has 0 atom stereocenters. The maximum atomic E-state index is 13.3. The van der Waals surface area contributed by atoms with Crippen molar-refractivity contribution in [3.05, 3.63) is 65.7 Å². The summed E-state index contributed by atoms with van der Waals surface area (Å²) in [6.07, 6.45) is -0.154. The molecule has 192 valence electrons. The number of carbonyl (C=O) groups is 4. The number of rotatable bonds is 6. The average Bonchev–Trinajstić information content (AvgIpc) is 3.23. The molecule has 2 aliphatic rings. The maximum absolute atomic E-state index is 13.3.